The van der Waals surface area contributed by atoms with Crippen molar-refractivity contribution in [2.24, 2.45) is 0 Å². The number of carbonyl (C=O) groups excluding carboxylic acids is 1. The van der Waals surface area contributed by atoms with Crippen molar-refractivity contribution in [3.8, 4) is 33.4 Å². The number of nitrogens with zero attached hydrogens (tertiary/aromatic N) is 2. The Balaban J connectivity index is 1.54. The van der Waals surface area contributed by atoms with Gasteiger partial charge in [-0.15, -0.1) is 0 Å². The van der Waals surface area contributed by atoms with Crippen molar-refractivity contribution in [2.45, 2.75) is 0 Å². The summed E-state index contributed by atoms with van der Waals surface area (Å²) in [5.41, 5.74) is 15.8. The molecule has 0 amide bonds. The van der Waals surface area contributed by atoms with E-state index >= 15 is 0 Å². The summed E-state index contributed by atoms with van der Waals surface area (Å²) in [6.45, 7) is 0. The third kappa shape index (κ3) is 5.37. The number of aromatic nitrogens is 4. The van der Waals surface area contributed by atoms with Crippen LogP contribution in [-0.2, 0) is 0 Å². The van der Waals surface area contributed by atoms with E-state index in [1.807, 2.05) is 54.6 Å². The average molecular weight is 643 g/mol. The lowest BCUT2D eigenvalue weighted by Gasteiger charge is -2.12. The lowest BCUT2D eigenvalue weighted by atomic mass is 9.91. The van der Waals surface area contributed by atoms with E-state index in [-0.39, 0.29) is 0 Å². The van der Waals surface area contributed by atoms with Crippen molar-refractivity contribution in [2.75, 3.05) is 0 Å². The first kappa shape index (κ1) is 29.3. The van der Waals surface area contributed by atoms with E-state index in [4.69, 9.17) is 9.97 Å². The quantitative estimate of drug-likeness (QED) is 0.183. The van der Waals surface area contributed by atoms with Gasteiger partial charge in [0.15, 0.2) is 0 Å². The van der Waals surface area contributed by atoms with Crippen LogP contribution >= 0.6 is 0 Å². The van der Waals surface area contributed by atoms with E-state index in [0.717, 1.165) is 95.6 Å². The maximum absolute atomic E-state index is 12.1. The number of nitrogens with one attached hydrogen (secondary N) is 2. The molecule has 4 aromatic carbocycles. The van der Waals surface area contributed by atoms with Gasteiger partial charge < -0.3 is 9.97 Å². The number of hydrogen-bond acceptors (Lipinski definition) is 3. The Kier molecular flexibility index (Phi) is 7.21. The van der Waals surface area contributed by atoms with E-state index in [1.165, 1.54) is 0 Å². The fraction of sp³-hybridized carbons (Fsp3) is 0. The van der Waals surface area contributed by atoms with Crippen LogP contribution in [0.4, 0.5) is 0 Å². The number of rotatable bonds is 5. The predicted octanol–water partition coefficient (Wildman–Crippen LogP) is 10.9. The largest absolute Gasteiger partial charge is 0.355 e. The number of fused-ring (bicyclic) bond motifs is 8. The molecule has 5 nitrogen and oxygen atoms in total. The summed E-state index contributed by atoms with van der Waals surface area (Å²) in [5, 5.41) is 0. The van der Waals surface area contributed by atoms with E-state index < -0.39 is 0 Å². The van der Waals surface area contributed by atoms with Gasteiger partial charge in [-0.25, -0.2) is 9.97 Å². The Morgan fingerprint density at radius 1 is 0.480 bits per heavy atom. The van der Waals surface area contributed by atoms with Gasteiger partial charge in [0.05, 0.1) is 28.3 Å². The van der Waals surface area contributed by atoms with Crippen LogP contribution in [0.3, 0.4) is 0 Å². The maximum Gasteiger partial charge on any atom is 0.150 e. The Morgan fingerprint density at radius 3 is 1.76 bits per heavy atom. The van der Waals surface area contributed by atoms with Crippen LogP contribution in [0.25, 0.3) is 79.2 Å². The highest BCUT2D eigenvalue weighted by Gasteiger charge is 2.24. The Bertz CT molecular complexity index is 2650. The molecule has 2 aliphatic heterocycles. The highest BCUT2D eigenvalue weighted by atomic mass is 16.1. The first-order valence-electron chi connectivity index (χ1n) is 16.6. The van der Waals surface area contributed by atoms with Gasteiger partial charge >= 0.3 is 0 Å². The molecular weight excluding hydrogens is 613 g/mol. The van der Waals surface area contributed by atoms with Crippen LogP contribution in [0.1, 0.15) is 38.7 Å². The van der Waals surface area contributed by atoms with Gasteiger partial charge in [-0.2, -0.15) is 0 Å². The Morgan fingerprint density at radius 2 is 1.08 bits per heavy atom. The SMILES string of the molecule is O=Cc1cccc(-c2c(-c3ccccc3)c3[nH]c2cc2nc(cc4ccc(cc5nc(c3-c3ccccc3)C(c3ccccc3)=C5)[nH]4)C=C2)c1. The van der Waals surface area contributed by atoms with Gasteiger partial charge in [-0.05, 0) is 76.9 Å². The molecule has 0 unspecified atom stereocenters. The molecule has 5 heteroatoms. The molecule has 9 rings (SSSR count). The number of carbonyl (C=O) groups is 1. The first-order chi connectivity index (χ1) is 24.7. The molecule has 3 aromatic heterocycles. The molecule has 50 heavy (non-hydrogen) atoms. The summed E-state index contributed by atoms with van der Waals surface area (Å²) in [7, 11) is 0. The van der Waals surface area contributed by atoms with E-state index in [9.17, 15) is 4.79 Å². The van der Waals surface area contributed by atoms with Crippen LogP contribution < -0.4 is 0 Å². The predicted molar refractivity (Wildman–Crippen MR) is 205 cm³/mol. The highest BCUT2D eigenvalue weighted by Crippen LogP contribution is 2.45. The van der Waals surface area contributed by atoms with Crippen LogP contribution in [-0.4, -0.2) is 26.2 Å². The Labute approximate surface area is 289 Å². The summed E-state index contributed by atoms with van der Waals surface area (Å²) in [6, 6.07) is 49.5. The normalized spacial score (nSPS) is 12.1. The molecule has 0 aliphatic carbocycles. The maximum atomic E-state index is 12.1. The summed E-state index contributed by atoms with van der Waals surface area (Å²) in [4.78, 5) is 29.9. The minimum Gasteiger partial charge on any atom is -0.355 e. The first-order valence-corrected chi connectivity index (χ1v) is 16.6. The molecule has 0 saturated heterocycles. The monoisotopic (exact) mass is 642 g/mol. The Hall–Kier alpha value is -6.85. The third-order valence-electron chi connectivity index (χ3n) is 9.14. The van der Waals surface area contributed by atoms with Crippen molar-refractivity contribution in [1.82, 2.24) is 19.9 Å². The second-order valence-corrected chi connectivity index (χ2v) is 12.4. The zero-order valence-corrected chi connectivity index (χ0v) is 27.0. The van der Waals surface area contributed by atoms with E-state index in [2.05, 4.69) is 119 Å². The molecular formula is C45H30N4O. The van der Waals surface area contributed by atoms with Gasteiger partial charge in [0.25, 0.3) is 0 Å². The van der Waals surface area contributed by atoms with Crippen molar-refractivity contribution in [3.63, 3.8) is 0 Å². The summed E-state index contributed by atoms with van der Waals surface area (Å²) in [6.07, 6.45) is 7.14. The molecule has 0 atom stereocenters. The topological polar surface area (TPSA) is 74.4 Å². The summed E-state index contributed by atoms with van der Waals surface area (Å²) < 4.78 is 0. The molecule has 236 valence electrons. The summed E-state index contributed by atoms with van der Waals surface area (Å²) >= 11 is 0. The van der Waals surface area contributed by atoms with Gasteiger partial charge in [-0.3, -0.25) is 4.79 Å². The van der Waals surface area contributed by atoms with Gasteiger partial charge in [-0.1, -0.05) is 109 Å². The second kappa shape index (κ2) is 12.3. The molecule has 2 aliphatic rings. The standard InChI is InChI=1S/C45H30N4O/c50-28-29-11-10-18-33(23-29)41-40-27-37-22-21-35(47-37)24-34-19-20-36(46-34)25-38-26-39(30-12-4-1-5-13-30)44(48-38)43(32-16-8-3-9-17-32)45(49-40)42(41)31-14-6-2-7-15-31/h1-28,46,49H. The smallest absolute Gasteiger partial charge is 0.150 e. The molecule has 2 N–H and O–H groups in total. The van der Waals surface area contributed by atoms with Crippen molar-refractivity contribution in [1.29, 1.82) is 0 Å². The fourth-order valence-electron chi connectivity index (χ4n) is 6.94. The van der Waals surface area contributed by atoms with Crippen LogP contribution in [0.15, 0.2) is 146 Å². The molecule has 0 fully saturated rings. The number of aldehydes is 1. The van der Waals surface area contributed by atoms with Crippen LogP contribution in [0, 0.1) is 0 Å². The highest BCUT2D eigenvalue weighted by molar-refractivity contribution is 6.11. The van der Waals surface area contributed by atoms with Crippen molar-refractivity contribution in [3.05, 3.63) is 179 Å². The van der Waals surface area contributed by atoms with E-state index in [1.54, 1.807) is 0 Å². The molecule has 0 radical (unpaired) electrons. The second-order valence-electron chi connectivity index (χ2n) is 12.4. The number of aromatic amines is 2. The third-order valence-corrected chi connectivity index (χ3v) is 9.14. The zero-order chi connectivity index (χ0) is 33.4. The van der Waals surface area contributed by atoms with Gasteiger partial charge in [0.1, 0.15) is 6.29 Å². The molecule has 0 saturated carbocycles. The van der Waals surface area contributed by atoms with Gasteiger partial charge in [0.2, 0.25) is 0 Å². The van der Waals surface area contributed by atoms with Gasteiger partial charge in [0, 0.05) is 44.4 Å². The minimum atomic E-state index is 0.610. The molecule has 0 spiro atoms. The lowest BCUT2D eigenvalue weighted by Crippen LogP contribution is -1.93. The number of hydrogen-bond donors (Lipinski definition) is 2. The van der Waals surface area contributed by atoms with E-state index in [0.29, 0.717) is 5.56 Å². The minimum absolute atomic E-state index is 0.610. The van der Waals surface area contributed by atoms with Crippen LogP contribution in [0.5, 0.6) is 0 Å². The van der Waals surface area contributed by atoms with Crippen molar-refractivity contribution >= 4 is 52.2 Å². The summed E-state index contributed by atoms with van der Waals surface area (Å²) in [5.74, 6) is 0. The zero-order valence-electron chi connectivity index (χ0n) is 27.0. The number of H-pyrrole nitrogens is 2. The average Bonchev–Trinajstić information content (AvgIpc) is 3.97. The number of benzene rings is 4. The molecule has 8 bridgehead atoms. The lowest BCUT2D eigenvalue weighted by molar-refractivity contribution is 0.112. The molecule has 5 heterocycles. The van der Waals surface area contributed by atoms with Crippen LogP contribution in [0.2, 0.25) is 0 Å². The molecule has 7 aromatic rings. The van der Waals surface area contributed by atoms with Crippen molar-refractivity contribution < 1.29 is 4.79 Å². The fourth-order valence-corrected chi connectivity index (χ4v) is 6.94.